The van der Waals surface area contributed by atoms with Crippen LogP contribution in [0.3, 0.4) is 0 Å². The zero-order valence-electron chi connectivity index (χ0n) is 10.1. The lowest BCUT2D eigenvalue weighted by Crippen LogP contribution is -1.83. The Morgan fingerprint density at radius 3 is 3.00 bits per heavy atom. The molecule has 0 aliphatic carbocycles. The molecule has 2 nitrogen and oxygen atoms in total. The Balaban J connectivity index is 2.28. The molecule has 0 unspecified atom stereocenters. The third-order valence-corrected chi connectivity index (χ3v) is 3.44. The van der Waals surface area contributed by atoms with Crippen LogP contribution >= 0.6 is 11.6 Å². The summed E-state index contributed by atoms with van der Waals surface area (Å²) in [7, 11) is 0. The molecular weight excluding hydrogens is 256 g/mol. The van der Waals surface area contributed by atoms with Crippen molar-refractivity contribution in [2.24, 2.45) is 0 Å². The molecule has 1 radical (unpaired) electrons. The Morgan fingerprint density at radius 2 is 2.21 bits per heavy atom. The van der Waals surface area contributed by atoms with Crippen molar-refractivity contribution in [1.82, 2.24) is 4.98 Å². The van der Waals surface area contributed by atoms with Crippen LogP contribution in [0.4, 0.5) is 0 Å². The van der Waals surface area contributed by atoms with Crippen molar-refractivity contribution in [3.63, 3.8) is 0 Å². The van der Waals surface area contributed by atoms with Crippen molar-refractivity contribution in [3.05, 3.63) is 59.8 Å². The van der Waals surface area contributed by atoms with Crippen molar-refractivity contribution >= 4 is 22.5 Å². The summed E-state index contributed by atoms with van der Waals surface area (Å²) < 4.78 is 0. The maximum absolute atomic E-state index is 8.98. The predicted molar refractivity (Wildman–Crippen MR) is 76.8 cm³/mol. The van der Waals surface area contributed by atoms with Crippen molar-refractivity contribution in [2.75, 3.05) is 0 Å². The van der Waals surface area contributed by atoms with Gasteiger partial charge < -0.3 is 4.98 Å². The molecule has 1 aromatic heterocycles. The Hall–Kier alpha value is -2.24. The SMILES string of the molecule is N#Cc1cc[c]c(-c2c[nH]c3cccc(CCl)c23)c1. The van der Waals surface area contributed by atoms with Gasteiger partial charge in [0.25, 0.3) is 0 Å². The lowest BCUT2D eigenvalue weighted by molar-refractivity contribution is 1.44. The van der Waals surface area contributed by atoms with Crippen LogP contribution in [0, 0.1) is 17.4 Å². The van der Waals surface area contributed by atoms with E-state index in [9.17, 15) is 0 Å². The summed E-state index contributed by atoms with van der Waals surface area (Å²) >= 11 is 6.00. The molecule has 0 saturated heterocycles. The number of nitrogens with one attached hydrogen (secondary N) is 1. The van der Waals surface area contributed by atoms with E-state index < -0.39 is 0 Å². The first-order valence-electron chi connectivity index (χ1n) is 5.90. The number of nitriles is 1. The highest BCUT2D eigenvalue weighted by atomic mass is 35.5. The van der Waals surface area contributed by atoms with Crippen molar-refractivity contribution in [2.45, 2.75) is 5.88 Å². The van der Waals surface area contributed by atoms with Crippen LogP contribution in [0.15, 0.2) is 42.6 Å². The molecule has 0 fully saturated rings. The molecule has 1 N–H and O–H groups in total. The topological polar surface area (TPSA) is 39.6 Å². The predicted octanol–water partition coefficient (Wildman–Crippen LogP) is 4.25. The molecule has 1 heterocycles. The van der Waals surface area contributed by atoms with E-state index in [1.54, 1.807) is 12.1 Å². The molecule has 0 saturated carbocycles. The molecule has 3 heteroatoms. The van der Waals surface area contributed by atoms with Gasteiger partial charge >= 0.3 is 0 Å². The minimum atomic E-state index is 0.458. The fraction of sp³-hybridized carbons (Fsp3) is 0.0625. The van der Waals surface area contributed by atoms with Gasteiger partial charge in [0.1, 0.15) is 0 Å². The fourth-order valence-corrected chi connectivity index (χ4v) is 2.50. The fourth-order valence-electron chi connectivity index (χ4n) is 2.28. The third kappa shape index (κ3) is 1.99. The van der Waals surface area contributed by atoms with Gasteiger partial charge in [-0.05, 0) is 35.4 Å². The van der Waals surface area contributed by atoms with E-state index in [1.165, 1.54) is 0 Å². The van der Waals surface area contributed by atoms with Gasteiger partial charge in [-0.25, -0.2) is 0 Å². The first-order chi connectivity index (χ1) is 9.33. The van der Waals surface area contributed by atoms with Crippen molar-refractivity contribution in [1.29, 1.82) is 5.26 Å². The summed E-state index contributed by atoms with van der Waals surface area (Å²) in [5.74, 6) is 0.458. The number of aromatic amines is 1. The number of rotatable bonds is 2. The summed E-state index contributed by atoms with van der Waals surface area (Å²) in [4.78, 5) is 3.24. The smallest absolute Gasteiger partial charge is 0.0991 e. The number of benzene rings is 2. The average Bonchev–Trinajstić information content (AvgIpc) is 2.91. The Morgan fingerprint density at radius 1 is 1.32 bits per heavy atom. The van der Waals surface area contributed by atoms with Crippen molar-refractivity contribution < 1.29 is 0 Å². The maximum atomic E-state index is 8.98. The summed E-state index contributed by atoms with van der Waals surface area (Å²) in [6.45, 7) is 0. The van der Waals surface area contributed by atoms with E-state index in [2.05, 4.69) is 17.1 Å². The molecule has 3 rings (SSSR count). The number of hydrogen-bond acceptors (Lipinski definition) is 1. The summed E-state index contributed by atoms with van der Waals surface area (Å²) in [5.41, 5.74) is 4.69. The average molecular weight is 266 g/mol. The lowest BCUT2D eigenvalue weighted by Gasteiger charge is -2.03. The van der Waals surface area contributed by atoms with E-state index >= 15 is 0 Å². The summed E-state index contributed by atoms with van der Waals surface area (Å²) in [6, 6.07) is 16.7. The normalized spacial score (nSPS) is 10.5. The lowest BCUT2D eigenvalue weighted by atomic mass is 10.00. The van der Waals surface area contributed by atoms with Gasteiger partial charge in [-0.1, -0.05) is 18.2 Å². The van der Waals surface area contributed by atoms with Crippen LogP contribution in [0.25, 0.3) is 22.0 Å². The molecule has 91 valence electrons. The number of aromatic nitrogens is 1. The molecule has 0 amide bonds. The van der Waals surface area contributed by atoms with Crippen LogP contribution in [0.2, 0.25) is 0 Å². The van der Waals surface area contributed by atoms with Crippen LogP contribution in [0.5, 0.6) is 0 Å². The Kier molecular flexibility index (Phi) is 2.98. The molecule has 0 spiro atoms. The quantitative estimate of drug-likeness (QED) is 0.692. The zero-order chi connectivity index (χ0) is 13.2. The van der Waals surface area contributed by atoms with Gasteiger partial charge in [-0.3, -0.25) is 0 Å². The third-order valence-electron chi connectivity index (χ3n) is 3.16. The molecular formula is C16H10ClN2. The Labute approximate surface area is 116 Å². The maximum Gasteiger partial charge on any atom is 0.0991 e. The number of H-pyrrole nitrogens is 1. The largest absolute Gasteiger partial charge is 0.361 e. The second-order valence-electron chi connectivity index (χ2n) is 4.28. The highest BCUT2D eigenvalue weighted by Gasteiger charge is 2.10. The van der Waals surface area contributed by atoms with Crippen LogP contribution in [-0.2, 0) is 5.88 Å². The second-order valence-corrected chi connectivity index (χ2v) is 4.55. The van der Waals surface area contributed by atoms with Crippen LogP contribution in [0.1, 0.15) is 11.1 Å². The summed E-state index contributed by atoms with van der Waals surface area (Å²) in [6.07, 6.45) is 1.94. The van der Waals surface area contributed by atoms with Gasteiger partial charge in [0, 0.05) is 28.5 Å². The highest BCUT2D eigenvalue weighted by Crippen LogP contribution is 2.32. The highest BCUT2D eigenvalue weighted by molar-refractivity contribution is 6.18. The van der Waals surface area contributed by atoms with E-state index in [4.69, 9.17) is 16.9 Å². The molecule has 2 aromatic carbocycles. The van der Waals surface area contributed by atoms with E-state index in [1.807, 2.05) is 30.5 Å². The number of halogens is 1. The number of alkyl halides is 1. The summed E-state index contributed by atoms with van der Waals surface area (Å²) in [5, 5.41) is 10.1. The zero-order valence-corrected chi connectivity index (χ0v) is 10.8. The van der Waals surface area contributed by atoms with Crippen LogP contribution in [-0.4, -0.2) is 4.98 Å². The van der Waals surface area contributed by atoms with Crippen LogP contribution < -0.4 is 0 Å². The molecule has 0 aliphatic rings. The number of nitrogens with zero attached hydrogens (tertiary/aromatic N) is 1. The molecule has 19 heavy (non-hydrogen) atoms. The van der Waals surface area contributed by atoms with Gasteiger partial charge in [0.2, 0.25) is 0 Å². The molecule has 0 aliphatic heterocycles. The van der Waals surface area contributed by atoms with Gasteiger partial charge in [0.15, 0.2) is 0 Å². The van der Waals surface area contributed by atoms with E-state index in [-0.39, 0.29) is 0 Å². The van der Waals surface area contributed by atoms with Gasteiger partial charge in [-0.15, -0.1) is 11.6 Å². The number of hydrogen-bond donors (Lipinski definition) is 1. The Bertz CT molecular complexity index is 781. The minimum Gasteiger partial charge on any atom is -0.361 e. The van der Waals surface area contributed by atoms with Gasteiger partial charge in [-0.2, -0.15) is 5.26 Å². The minimum absolute atomic E-state index is 0.458. The first kappa shape index (κ1) is 11.8. The first-order valence-corrected chi connectivity index (χ1v) is 6.44. The monoisotopic (exact) mass is 265 g/mol. The van der Waals surface area contributed by atoms with Gasteiger partial charge in [0.05, 0.1) is 11.6 Å². The molecule has 0 bridgehead atoms. The van der Waals surface area contributed by atoms with Crippen molar-refractivity contribution in [3.8, 4) is 17.2 Å². The standard InChI is InChI=1S/C16H10ClN2/c17-8-13-5-2-6-15-16(13)14(10-19-15)12-4-1-3-11(7-12)9-18/h1-3,5-7,10,19H,8H2. The van der Waals surface area contributed by atoms with E-state index in [0.29, 0.717) is 11.4 Å². The molecule has 0 atom stereocenters. The van der Waals surface area contributed by atoms with E-state index in [0.717, 1.165) is 27.6 Å². The second kappa shape index (κ2) is 4.79. The molecule has 3 aromatic rings. The number of fused-ring (bicyclic) bond motifs is 1.